The van der Waals surface area contributed by atoms with Gasteiger partial charge in [-0.05, 0) is 49.6 Å². The van der Waals surface area contributed by atoms with Gasteiger partial charge in [0.25, 0.3) is 0 Å². The van der Waals surface area contributed by atoms with E-state index in [1.807, 2.05) is 32.9 Å². The molecule has 3 nitrogen and oxygen atoms in total. The van der Waals surface area contributed by atoms with Gasteiger partial charge in [0.2, 0.25) is 0 Å². The van der Waals surface area contributed by atoms with E-state index in [1.54, 1.807) is 0 Å². The maximum absolute atomic E-state index is 11.7. The monoisotopic (exact) mass is 271 g/mol. The normalized spacial score (nSPS) is 11.4. The zero-order valence-corrected chi connectivity index (χ0v) is 12.5. The number of benzene rings is 2. The standard InChI is InChI=1S/C17H21NO2/c1-12-9-10-13-7-5-6-8-14(13)15(12)11-18-16(19)20-17(2,3)4/h5-10H,11H2,1-4H3,(H,18,19). The molecule has 0 radical (unpaired) electrons. The fraction of sp³-hybridized carbons (Fsp3) is 0.353. The van der Waals surface area contributed by atoms with Gasteiger partial charge in [-0.3, -0.25) is 0 Å². The van der Waals surface area contributed by atoms with Gasteiger partial charge < -0.3 is 10.1 Å². The molecule has 106 valence electrons. The molecule has 0 saturated heterocycles. The van der Waals surface area contributed by atoms with Crippen LogP contribution in [0.5, 0.6) is 0 Å². The molecule has 0 unspecified atom stereocenters. The molecule has 0 bridgehead atoms. The van der Waals surface area contributed by atoms with Crippen LogP contribution in [0.25, 0.3) is 10.8 Å². The highest BCUT2D eigenvalue weighted by Gasteiger charge is 2.16. The Bertz CT molecular complexity index is 626. The summed E-state index contributed by atoms with van der Waals surface area (Å²) >= 11 is 0. The van der Waals surface area contributed by atoms with E-state index in [0.29, 0.717) is 6.54 Å². The first-order chi connectivity index (χ1) is 9.37. The van der Waals surface area contributed by atoms with Crippen molar-refractivity contribution in [2.45, 2.75) is 39.8 Å². The maximum Gasteiger partial charge on any atom is 0.407 e. The Morgan fingerprint density at radius 2 is 1.85 bits per heavy atom. The minimum Gasteiger partial charge on any atom is -0.444 e. The number of ether oxygens (including phenoxy) is 1. The van der Waals surface area contributed by atoms with E-state index in [2.05, 4.69) is 36.5 Å². The molecule has 2 aromatic rings. The van der Waals surface area contributed by atoms with E-state index in [9.17, 15) is 4.79 Å². The summed E-state index contributed by atoms with van der Waals surface area (Å²) in [5, 5.41) is 5.18. The summed E-state index contributed by atoms with van der Waals surface area (Å²) in [4.78, 5) is 11.7. The fourth-order valence-electron chi connectivity index (χ4n) is 2.15. The number of carbonyl (C=O) groups is 1. The Morgan fingerprint density at radius 1 is 1.15 bits per heavy atom. The lowest BCUT2D eigenvalue weighted by atomic mass is 10.00. The fourth-order valence-corrected chi connectivity index (χ4v) is 2.15. The number of hydrogen-bond donors (Lipinski definition) is 1. The van der Waals surface area contributed by atoms with Crippen molar-refractivity contribution in [3.63, 3.8) is 0 Å². The second-order valence-electron chi connectivity index (χ2n) is 5.94. The van der Waals surface area contributed by atoms with Gasteiger partial charge in [-0.25, -0.2) is 4.79 Å². The van der Waals surface area contributed by atoms with Crippen molar-refractivity contribution >= 4 is 16.9 Å². The number of aryl methyl sites for hydroxylation is 1. The Balaban J connectivity index is 2.18. The molecule has 2 aromatic carbocycles. The lowest BCUT2D eigenvalue weighted by Gasteiger charge is -2.20. The average Bonchev–Trinajstić information content (AvgIpc) is 2.35. The third-order valence-electron chi connectivity index (χ3n) is 3.08. The van der Waals surface area contributed by atoms with Crippen molar-refractivity contribution in [3.05, 3.63) is 47.5 Å². The molecule has 0 aliphatic carbocycles. The zero-order valence-electron chi connectivity index (χ0n) is 12.5. The predicted octanol–water partition coefficient (Wildman–Crippen LogP) is 4.17. The molecule has 0 aliphatic rings. The summed E-state index contributed by atoms with van der Waals surface area (Å²) in [6, 6.07) is 12.4. The highest BCUT2D eigenvalue weighted by molar-refractivity contribution is 5.87. The molecule has 2 rings (SSSR count). The lowest BCUT2D eigenvalue weighted by Crippen LogP contribution is -2.32. The number of nitrogens with one attached hydrogen (secondary N) is 1. The lowest BCUT2D eigenvalue weighted by molar-refractivity contribution is 0.0524. The van der Waals surface area contributed by atoms with E-state index in [0.717, 1.165) is 5.56 Å². The van der Waals surface area contributed by atoms with E-state index in [4.69, 9.17) is 4.74 Å². The molecule has 0 saturated carbocycles. The van der Waals surface area contributed by atoms with Crippen LogP contribution in [0.1, 0.15) is 31.9 Å². The molecule has 1 N–H and O–H groups in total. The SMILES string of the molecule is Cc1ccc2ccccc2c1CNC(=O)OC(C)(C)C. The third-order valence-corrected chi connectivity index (χ3v) is 3.08. The number of fused-ring (bicyclic) bond motifs is 1. The smallest absolute Gasteiger partial charge is 0.407 e. The molecule has 0 aliphatic heterocycles. The minimum atomic E-state index is -0.474. The Kier molecular flexibility index (Phi) is 3.98. The minimum absolute atomic E-state index is 0.384. The molecule has 0 aromatic heterocycles. The zero-order chi connectivity index (χ0) is 14.8. The van der Waals surface area contributed by atoms with Gasteiger partial charge in [-0.1, -0.05) is 36.4 Å². The van der Waals surface area contributed by atoms with Gasteiger partial charge in [0.05, 0.1) is 0 Å². The first-order valence-electron chi connectivity index (χ1n) is 6.81. The summed E-state index contributed by atoms with van der Waals surface area (Å²) in [5.74, 6) is 0. The van der Waals surface area contributed by atoms with Crippen molar-refractivity contribution in [3.8, 4) is 0 Å². The van der Waals surface area contributed by atoms with Gasteiger partial charge in [-0.15, -0.1) is 0 Å². The van der Waals surface area contributed by atoms with Gasteiger partial charge in [-0.2, -0.15) is 0 Å². The van der Waals surface area contributed by atoms with Crippen LogP contribution in [0.3, 0.4) is 0 Å². The molecule has 20 heavy (non-hydrogen) atoms. The Morgan fingerprint density at radius 3 is 2.55 bits per heavy atom. The molecular weight excluding hydrogens is 250 g/mol. The third kappa shape index (κ3) is 3.50. The van der Waals surface area contributed by atoms with Crippen LogP contribution in [0, 0.1) is 6.92 Å². The van der Waals surface area contributed by atoms with Crippen LogP contribution in [0.4, 0.5) is 4.79 Å². The number of rotatable bonds is 2. The Labute approximate surface area is 119 Å². The maximum atomic E-state index is 11.7. The van der Waals surface area contributed by atoms with Crippen LogP contribution < -0.4 is 5.32 Å². The van der Waals surface area contributed by atoms with Crippen molar-refractivity contribution in [1.29, 1.82) is 0 Å². The molecule has 0 atom stereocenters. The first kappa shape index (κ1) is 14.4. The van der Waals surface area contributed by atoms with E-state index < -0.39 is 5.60 Å². The first-order valence-corrected chi connectivity index (χ1v) is 6.81. The molecular formula is C17H21NO2. The molecule has 0 fully saturated rings. The van der Waals surface area contributed by atoms with Crippen molar-refractivity contribution in [1.82, 2.24) is 5.32 Å². The number of alkyl carbamates (subject to hydrolysis) is 1. The van der Waals surface area contributed by atoms with Crippen molar-refractivity contribution < 1.29 is 9.53 Å². The van der Waals surface area contributed by atoms with Crippen LogP contribution >= 0.6 is 0 Å². The highest BCUT2D eigenvalue weighted by Crippen LogP contribution is 2.22. The summed E-state index contributed by atoms with van der Waals surface area (Å²) in [6.45, 7) is 8.10. The molecule has 0 spiro atoms. The number of amides is 1. The quantitative estimate of drug-likeness (QED) is 0.890. The van der Waals surface area contributed by atoms with Crippen LogP contribution in [-0.2, 0) is 11.3 Å². The Hall–Kier alpha value is -2.03. The summed E-state index contributed by atoms with van der Waals surface area (Å²) in [7, 11) is 0. The number of carbonyl (C=O) groups excluding carboxylic acids is 1. The molecule has 3 heteroatoms. The second kappa shape index (κ2) is 5.53. The van der Waals surface area contributed by atoms with Gasteiger partial charge in [0, 0.05) is 6.54 Å². The summed E-state index contributed by atoms with van der Waals surface area (Å²) in [5.41, 5.74) is 1.83. The van der Waals surface area contributed by atoms with Gasteiger partial charge in [0.1, 0.15) is 5.60 Å². The van der Waals surface area contributed by atoms with E-state index >= 15 is 0 Å². The van der Waals surface area contributed by atoms with E-state index in [1.165, 1.54) is 16.3 Å². The predicted molar refractivity (Wildman–Crippen MR) is 81.8 cm³/mol. The van der Waals surface area contributed by atoms with Gasteiger partial charge >= 0.3 is 6.09 Å². The van der Waals surface area contributed by atoms with Crippen LogP contribution in [-0.4, -0.2) is 11.7 Å². The largest absolute Gasteiger partial charge is 0.444 e. The van der Waals surface area contributed by atoms with Crippen molar-refractivity contribution in [2.75, 3.05) is 0 Å². The van der Waals surface area contributed by atoms with Crippen LogP contribution in [0.2, 0.25) is 0 Å². The average molecular weight is 271 g/mol. The summed E-state index contributed by atoms with van der Waals surface area (Å²) < 4.78 is 5.26. The van der Waals surface area contributed by atoms with Crippen molar-refractivity contribution in [2.24, 2.45) is 0 Å². The topological polar surface area (TPSA) is 38.3 Å². The van der Waals surface area contributed by atoms with E-state index in [-0.39, 0.29) is 6.09 Å². The van der Waals surface area contributed by atoms with Crippen LogP contribution in [0.15, 0.2) is 36.4 Å². The molecule has 1 amide bonds. The highest BCUT2D eigenvalue weighted by atomic mass is 16.6. The summed E-state index contributed by atoms with van der Waals surface area (Å²) in [6.07, 6.45) is -0.384. The van der Waals surface area contributed by atoms with Gasteiger partial charge in [0.15, 0.2) is 0 Å². The second-order valence-corrected chi connectivity index (χ2v) is 5.94. The molecule has 0 heterocycles. The number of hydrogen-bond acceptors (Lipinski definition) is 2.